The van der Waals surface area contributed by atoms with Gasteiger partial charge in [-0.25, -0.2) is 0 Å². The second kappa shape index (κ2) is 7.69. The lowest BCUT2D eigenvalue weighted by molar-refractivity contribution is -0.120. The number of halogens is 2. The van der Waals surface area contributed by atoms with Gasteiger partial charge in [0.25, 0.3) is 0 Å². The Morgan fingerprint density at radius 2 is 2.37 bits per heavy atom. The summed E-state index contributed by atoms with van der Waals surface area (Å²) < 4.78 is 11.3. The first-order valence-corrected chi connectivity index (χ1v) is 6.45. The average Bonchev–Trinajstić information content (AvgIpc) is 2.42. The molecular formula is C12H16BrClN2O3. The van der Waals surface area contributed by atoms with Gasteiger partial charge in [-0.1, -0.05) is 0 Å². The Bertz CT molecular complexity index is 439. The van der Waals surface area contributed by atoms with Crippen LogP contribution in [0.2, 0.25) is 0 Å². The van der Waals surface area contributed by atoms with Crippen LogP contribution in [-0.4, -0.2) is 38.8 Å². The molecule has 1 amide bonds. The fraction of sp³-hybridized carbons (Fsp3) is 0.417. The van der Waals surface area contributed by atoms with E-state index < -0.39 is 0 Å². The molecule has 1 saturated heterocycles. The lowest BCUT2D eigenvalue weighted by atomic mass is 10.2. The molecule has 1 unspecified atom stereocenters. The lowest BCUT2D eigenvalue weighted by Crippen LogP contribution is -2.48. The molecule has 2 N–H and O–H groups in total. The zero-order valence-electron chi connectivity index (χ0n) is 10.4. The van der Waals surface area contributed by atoms with Gasteiger partial charge in [-0.05, 0) is 28.1 Å². The van der Waals surface area contributed by atoms with Gasteiger partial charge in [-0.3, -0.25) is 4.79 Å². The van der Waals surface area contributed by atoms with Gasteiger partial charge in [0.15, 0.2) is 0 Å². The van der Waals surface area contributed by atoms with Gasteiger partial charge in [0.1, 0.15) is 11.8 Å². The number of hydrogen-bond acceptors (Lipinski definition) is 4. The van der Waals surface area contributed by atoms with Crippen LogP contribution in [0.25, 0.3) is 0 Å². The Morgan fingerprint density at radius 3 is 3.00 bits per heavy atom. The SMILES string of the molecule is COc1cc(NC(=O)C2COCCN2)ccc1Br.Cl. The van der Waals surface area contributed by atoms with Gasteiger partial charge in [-0.2, -0.15) is 0 Å². The molecule has 0 spiro atoms. The van der Waals surface area contributed by atoms with Crippen molar-refractivity contribution in [3.05, 3.63) is 22.7 Å². The van der Waals surface area contributed by atoms with Gasteiger partial charge in [0.2, 0.25) is 5.91 Å². The van der Waals surface area contributed by atoms with E-state index in [1.54, 1.807) is 13.2 Å². The third-order valence-electron chi connectivity index (χ3n) is 2.66. The zero-order valence-corrected chi connectivity index (χ0v) is 12.8. The molecule has 1 atom stereocenters. The van der Waals surface area contributed by atoms with Gasteiger partial charge in [0, 0.05) is 18.3 Å². The zero-order chi connectivity index (χ0) is 13.0. The normalized spacial score (nSPS) is 18.3. The van der Waals surface area contributed by atoms with E-state index in [9.17, 15) is 4.79 Å². The van der Waals surface area contributed by atoms with Crippen LogP contribution < -0.4 is 15.4 Å². The Kier molecular flexibility index (Phi) is 6.57. The molecule has 0 aromatic heterocycles. The number of hydrogen-bond donors (Lipinski definition) is 2. The van der Waals surface area contributed by atoms with E-state index >= 15 is 0 Å². The van der Waals surface area contributed by atoms with Crippen molar-refractivity contribution in [2.24, 2.45) is 0 Å². The van der Waals surface area contributed by atoms with E-state index in [1.807, 2.05) is 12.1 Å². The summed E-state index contributed by atoms with van der Waals surface area (Å²) >= 11 is 3.36. The second-order valence-corrected chi connectivity index (χ2v) is 4.77. The minimum absolute atomic E-state index is 0. The number of anilines is 1. The number of carbonyl (C=O) groups excluding carboxylic acids is 1. The van der Waals surface area contributed by atoms with E-state index in [-0.39, 0.29) is 24.4 Å². The molecule has 19 heavy (non-hydrogen) atoms. The maximum absolute atomic E-state index is 11.9. The largest absolute Gasteiger partial charge is 0.495 e. The van der Waals surface area contributed by atoms with Gasteiger partial charge in [-0.15, -0.1) is 12.4 Å². The van der Waals surface area contributed by atoms with Crippen LogP contribution in [0, 0.1) is 0 Å². The van der Waals surface area contributed by atoms with Crippen LogP contribution in [0.4, 0.5) is 5.69 Å². The predicted molar refractivity (Wildman–Crippen MR) is 79.2 cm³/mol. The molecule has 0 saturated carbocycles. The fourth-order valence-electron chi connectivity index (χ4n) is 1.70. The third kappa shape index (κ3) is 4.35. The summed E-state index contributed by atoms with van der Waals surface area (Å²) in [5.41, 5.74) is 0.701. The minimum Gasteiger partial charge on any atom is -0.495 e. The van der Waals surface area contributed by atoms with Crippen molar-refractivity contribution in [1.82, 2.24) is 5.32 Å². The molecule has 0 radical (unpaired) electrons. The predicted octanol–water partition coefficient (Wildman–Crippen LogP) is 1.81. The Morgan fingerprint density at radius 1 is 1.58 bits per heavy atom. The van der Waals surface area contributed by atoms with Crippen molar-refractivity contribution < 1.29 is 14.3 Å². The second-order valence-electron chi connectivity index (χ2n) is 3.92. The number of carbonyl (C=O) groups is 1. The summed E-state index contributed by atoms with van der Waals surface area (Å²) in [6.45, 7) is 1.75. The summed E-state index contributed by atoms with van der Waals surface area (Å²) in [6, 6.07) is 5.12. The summed E-state index contributed by atoms with van der Waals surface area (Å²) in [4.78, 5) is 11.9. The number of nitrogens with one attached hydrogen (secondary N) is 2. The first-order chi connectivity index (χ1) is 8.70. The van der Waals surface area contributed by atoms with E-state index in [1.165, 1.54) is 0 Å². The topological polar surface area (TPSA) is 59.6 Å². The quantitative estimate of drug-likeness (QED) is 0.872. The molecule has 2 rings (SSSR count). The maximum atomic E-state index is 11.9. The highest BCUT2D eigenvalue weighted by atomic mass is 79.9. The van der Waals surface area contributed by atoms with Gasteiger partial charge >= 0.3 is 0 Å². The van der Waals surface area contributed by atoms with Crippen molar-refractivity contribution >= 4 is 39.9 Å². The Labute approximate surface area is 126 Å². The van der Waals surface area contributed by atoms with E-state index in [4.69, 9.17) is 9.47 Å². The Balaban J connectivity index is 0.00000180. The highest BCUT2D eigenvalue weighted by molar-refractivity contribution is 9.10. The minimum atomic E-state index is -0.298. The Hall–Kier alpha value is -0.820. The summed E-state index contributed by atoms with van der Waals surface area (Å²) in [7, 11) is 1.59. The highest BCUT2D eigenvalue weighted by Gasteiger charge is 2.21. The van der Waals surface area contributed by atoms with Crippen molar-refractivity contribution in [3.63, 3.8) is 0 Å². The summed E-state index contributed by atoms with van der Waals surface area (Å²) in [5.74, 6) is 0.583. The van der Waals surface area contributed by atoms with E-state index in [0.29, 0.717) is 31.2 Å². The van der Waals surface area contributed by atoms with Crippen LogP contribution in [0.15, 0.2) is 22.7 Å². The molecule has 1 aromatic carbocycles. The first kappa shape index (κ1) is 16.2. The van der Waals surface area contributed by atoms with Crippen LogP contribution in [0.3, 0.4) is 0 Å². The monoisotopic (exact) mass is 350 g/mol. The number of ether oxygens (including phenoxy) is 2. The van der Waals surface area contributed by atoms with Crippen LogP contribution in [0.5, 0.6) is 5.75 Å². The third-order valence-corrected chi connectivity index (χ3v) is 3.31. The number of morpholine rings is 1. The number of amides is 1. The molecule has 1 aromatic rings. The van der Waals surface area contributed by atoms with Crippen molar-refractivity contribution in [3.8, 4) is 5.75 Å². The molecule has 7 heteroatoms. The number of rotatable bonds is 3. The number of methoxy groups -OCH3 is 1. The molecule has 106 valence electrons. The first-order valence-electron chi connectivity index (χ1n) is 5.66. The standard InChI is InChI=1S/C12H15BrN2O3.ClH/c1-17-11-6-8(2-3-9(11)13)15-12(16)10-7-18-5-4-14-10;/h2-3,6,10,14H,4-5,7H2,1H3,(H,15,16);1H. The highest BCUT2D eigenvalue weighted by Crippen LogP contribution is 2.27. The molecular weight excluding hydrogens is 336 g/mol. The lowest BCUT2D eigenvalue weighted by Gasteiger charge is -2.23. The molecule has 1 heterocycles. The average molecular weight is 352 g/mol. The van der Waals surface area contributed by atoms with Gasteiger partial charge in [0.05, 0.1) is 24.8 Å². The van der Waals surface area contributed by atoms with Gasteiger partial charge < -0.3 is 20.1 Å². The maximum Gasteiger partial charge on any atom is 0.243 e. The van der Waals surface area contributed by atoms with Crippen LogP contribution in [0.1, 0.15) is 0 Å². The molecule has 0 aliphatic carbocycles. The fourth-order valence-corrected chi connectivity index (χ4v) is 2.11. The number of benzene rings is 1. The van der Waals surface area contributed by atoms with Crippen molar-refractivity contribution in [1.29, 1.82) is 0 Å². The smallest absolute Gasteiger partial charge is 0.243 e. The molecule has 1 aliphatic rings. The summed E-state index contributed by atoms with van der Waals surface area (Å²) in [6.07, 6.45) is 0. The van der Waals surface area contributed by atoms with E-state index in [0.717, 1.165) is 4.47 Å². The van der Waals surface area contributed by atoms with Crippen LogP contribution in [-0.2, 0) is 9.53 Å². The summed E-state index contributed by atoms with van der Waals surface area (Å²) in [5, 5.41) is 5.93. The molecule has 5 nitrogen and oxygen atoms in total. The van der Waals surface area contributed by atoms with E-state index in [2.05, 4.69) is 26.6 Å². The van der Waals surface area contributed by atoms with Crippen LogP contribution >= 0.6 is 28.3 Å². The van der Waals surface area contributed by atoms with Crippen molar-refractivity contribution in [2.75, 3.05) is 32.2 Å². The molecule has 1 aliphatic heterocycles. The van der Waals surface area contributed by atoms with Crippen molar-refractivity contribution in [2.45, 2.75) is 6.04 Å². The molecule has 0 bridgehead atoms. The molecule has 1 fully saturated rings.